The number of aryl methyl sites for hydroxylation is 1. The van der Waals surface area contributed by atoms with E-state index >= 15 is 0 Å². The highest BCUT2D eigenvalue weighted by molar-refractivity contribution is 5.72. The van der Waals surface area contributed by atoms with Crippen molar-refractivity contribution in [3.8, 4) is 11.3 Å². The van der Waals surface area contributed by atoms with Crippen molar-refractivity contribution in [1.82, 2.24) is 4.98 Å². The molecule has 0 aliphatic rings. The summed E-state index contributed by atoms with van der Waals surface area (Å²) in [5, 5.41) is 0. The number of hydrogen-bond donors (Lipinski definition) is 2. The molecule has 3 heteroatoms. The van der Waals surface area contributed by atoms with Crippen molar-refractivity contribution in [1.29, 1.82) is 0 Å². The Hall–Kier alpha value is -2.03. The highest BCUT2D eigenvalue weighted by Gasteiger charge is 2.20. The van der Waals surface area contributed by atoms with Crippen molar-refractivity contribution in [3.05, 3.63) is 41.5 Å². The summed E-state index contributed by atoms with van der Waals surface area (Å²) in [5.41, 5.74) is 16.7. The Kier molecular flexibility index (Phi) is 3.23. The topological polar surface area (TPSA) is 64.9 Å². The fourth-order valence-electron chi connectivity index (χ4n) is 2.07. The van der Waals surface area contributed by atoms with Crippen LogP contribution in [0.15, 0.2) is 30.3 Å². The van der Waals surface area contributed by atoms with Crippen LogP contribution in [0.2, 0.25) is 0 Å². The van der Waals surface area contributed by atoms with Crippen LogP contribution in [0.3, 0.4) is 0 Å². The summed E-state index contributed by atoms with van der Waals surface area (Å²) in [5.74, 6) is 0.406. The highest BCUT2D eigenvalue weighted by Crippen LogP contribution is 2.33. The minimum atomic E-state index is -0.0550. The van der Waals surface area contributed by atoms with Gasteiger partial charge in [0.2, 0.25) is 0 Å². The van der Waals surface area contributed by atoms with Gasteiger partial charge in [-0.15, -0.1) is 0 Å². The van der Waals surface area contributed by atoms with Gasteiger partial charge in [0.25, 0.3) is 0 Å². The number of rotatable bonds is 1. The van der Waals surface area contributed by atoms with E-state index in [9.17, 15) is 0 Å². The first-order valence-corrected chi connectivity index (χ1v) is 6.42. The van der Waals surface area contributed by atoms with Crippen LogP contribution in [0, 0.1) is 6.92 Å². The molecule has 1 aromatic carbocycles. The number of aromatic nitrogens is 1. The van der Waals surface area contributed by atoms with Crippen LogP contribution in [0.1, 0.15) is 31.9 Å². The van der Waals surface area contributed by atoms with E-state index in [2.05, 4.69) is 56.9 Å². The van der Waals surface area contributed by atoms with Gasteiger partial charge in [-0.1, -0.05) is 50.6 Å². The largest absolute Gasteiger partial charge is 0.396 e. The van der Waals surface area contributed by atoms with E-state index in [1.54, 1.807) is 0 Å². The van der Waals surface area contributed by atoms with Gasteiger partial charge < -0.3 is 11.5 Å². The summed E-state index contributed by atoms with van der Waals surface area (Å²) in [4.78, 5) is 4.40. The molecule has 1 heterocycles. The molecule has 1 aromatic heterocycles. The second-order valence-corrected chi connectivity index (χ2v) is 5.97. The van der Waals surface area contributed by atoms with Crippen LogP contribution in [0.5, 0.6) is 0 Å². The number of nitrogens with zero attached hydrogens (tertiary/aromatic N) is 1. The van der Waals surface area contributed by atoms with Crippen LogP contribution in [0.4, 0.5) is 11.5 Å². The van der Waals surface area contributed by atoms with E-state index in [1.807, 2.05) is 6.07 Å². The molecule has 0 spiro atoms. The third kappa shape index (κ3) is 2.70. The lowest BCUT2D eigenvalue weighted by molar-refractivity contribution is 0.592. The maximum Gasteiger partial charge on any atom is 0.147 e. The summed E-state index contributed by atoms with van der Waals surface area (Å²) < 4.78 is 0. The lowest BCUT2D eigenvalue weighted by Gasteiger charge is -2.22. The first-order valence-electron chi connectivity index (χ1n) is 6.42. The maximum atomic E-state index is 6.05. The highest BCUT2D eigenvalue weighted by atomic mass is 14.9. The molecule has 100 valence electrons. The molecule has 0 fully saturated rings. The molecule has 2 aromatic rings. The number of hydrogen-bond acceptors (Lipinski definition) is 3. The van der Waals surface area contributed by atoms with Crippen molar-refractivity contribution in [3.63, 3.8) is 0 Å². The smallest absolute Gasteiger partial charge is 0.147 e. The molecule has 0 atom stereocenters. The molecule has 0 aliphatic carbocycles. The second kappa shape index (κ2) is 4.57. The molecular weight excluding hydrogens is 234 g/mol. The molecule has 0 unspecified atom stereocenters. The van der Waals surface area contributed by atoms with E-state index in [0.29, 0.717) is 11.5 Å². The Labute approximate surface area is 114 Å². The van der Waals surface area contributed by atoms with Gasteiger partial charge >= 0.3 is 0 Å². The summed E-state index contributed by atoms with van der Waals surface area (Å²) in [6.45, 7) is 8.43. The van der Waals surface area contributed by atoms with Crippen LogP contribution < -0.4 is 11.5 Å². The molecule has 0 saturated heterocycles. The SMILES string of the molecule is Cc1ccc(-c2cc(C(C)(C)C)c(N)c(N)n2)cc1. The molecular formula is C16H21N3. The molecule has 0 aliphatic heterocycles. The van der Waals surface area contributed by atoms with Gasteiger partial charge in [-0.2, -0.15) is 0 Å². The van der Waals surface area contributed by atoms with Crippen LogP contribution >= 0.6 is 0 Å². The molecule has 0 saturated carbocycles. The lowest BCUT2D eigenvalue weighted by Crippen LogP contribution is -2.16. The first-order chi connectivity index (χ1) is 8.79. The number of pyridine rings is 1. The quantitative estimate of drug-likeness (QED) is 0.819. The average molecular weight is 255 g/mol. The van der Waals surface area contributed by atoms with Crippen LogP contribution in [-0.2, 0) is 5.41 Å². The second-order valence-electron chi connectivity index (χ2n) is 5.97. The standard InChI is InChI=1S/C16H21N3/c1-10-5-7-11(8-6-10)13-9-12(16(2,3)4)14(17)15(18)19-13/h5-9H,17H2,1-4H3,(H2,18,19). The predicted octanol–water partition coefficient (Wildman–Crippen LogP) is 3.52. The van der Waals surface area contributed by atoms with Crippen molar-refractivity contribution < 1.29 is 0 Å². The minimum absolute atomic E-state index is 0.0550. The first kappa shape index (κ1) is 13.4. The number of benzene rings is 1. The third-order valence-electron chi connectivity index (χ3n) is 3.24. The Morgan fingerprint density at radius 1 is 1.00 bits per heavy atom. The van der Waals surface area contributed by atoms with Crippen LogP contribution in [0.25, 0.3) is 11.3 Å². The number of nitrogens with two attached hydrogens (primary N) is 2. The summed E-state index contributed by atoms with van der Waals surface area (Å²) >= 11 is 0. The molecule has 2 rings (SSSR count). The molecule has 4 N–H and O–H groups in total. The Morgan fingerprint density at radius 2 is 1.58 bits per heavy atom. The van der Waals surface area contributed by atoms with Crippen molar-refractivity contribution in [2.75, 3.05) is 11.5 Å². The zero-order valence-electron chi connectivity index (χ0n) is 12.0. The molecule has 0 radical (unpaired) electrons. The van der Waals surface area contributed by atoms with Gasteiger partial charge in [0.1, 0.15) is 5.82 Å². The zero-order valence-corrected chi connectivity index (χ0v) is 12.0. The van der Waals surface area contributed by atoms with Gasteiger partial charge in [-0.3, -0.25) is 0 Å². The predicted molar refractivity (Wildman–Crippen MR) is 81.9 cm³/mol. The normalized spacial score (nSPS) is 11.6. The van der Waals surface area contributed by atoms with Gasteiger partial charge in [0, 0.05) is 5.56 Å². The van der Waals surface area contributed by atoms with Crippen molar-refractivity contribution >= 4 is 11.5 Å². The summed E-state index contributed by atoms with van der Waals surface area (Å²) in [6.07, 6.45) is 0. The van der Waals surface area contributed by atoms with Crippen molar-refractivity contribution in [2.45, 2.75) is 33.1 Å². The average Bonchev–Trinajstić information content (AvgIpc) is 2.32. The number of nitrogen functional groups attached to an aromatic ring is 2. The molecule has 19 heavy (non-hydrogen) atoms. The maximum absolute atomic E-state index is 6.05. The Morgan fingerprint density at radius 3 is 2.11 bits per heavy atom. The van der Waals surface area contributed by atoms with E-state index in [1.165, 1.54) is 5.56 Å². The minimum Gasteiger partial charge on any atom is -0.396 e. The zero-order chi connectivity index (χ0) is 14.2. The summed E-state index contributed by atoms with van der Waals surface area (Å²) in [6, 6.07) is 10.3. The van der Waals surface area contributed by atoms with E-state index in [4.69, 9.17) is 11.5 Å². The van der Waals surface area contributed by atoms with Crippen LogP contribution in [-0.4, -0.2) is 4.98 Å². The Bertz CT molecular complexity index is 593. The van der Waals surface area contributed by atoms with Gasteiger partial charge in [0.15, 0.2) is 0 Å². The number of anilines is 2. The molecule has 3 nitrogen and oxygen atoms in total. The van der Waals surface area contributed by atoms with E-state index in [0.717, 1.165) is 16.8 Å². The monoisotopic (exact) mass is 255 g/mol. The third-order valence-corrected chi connectivity index (χ3v) is 3.24. The van der Waals surface area contributed by atoms with Crippen molar-refractivity contribution in [2.24, 2.45) is 0 Å². The van der Waals surface area contributed by atoms with Gasteiger partial charge in [-0.05, 0) is 24.0 Å². The van der Waals surface area contributed by atoms with E-state index < -0.39 is 0 Å². The van der Waals surface area contributed by atoms with E-state index in [-0.39, 0.29) is 5.41 Å². The molecule has 0 amide bonds. The van der Waals surface area contributed by atoms with Gasteiger partial charge in [-0.25, -0.2) is 4.98 Å². The van der Waals surface area contributed by atoms with Gasteiger partial charge in [0.05, 0.1) is 11.4 Å². The molecule has 0 bridgehead atoms. The Balaban J connectivity index is 2.60. The summed E-state index contributed by atoms with van der Waals surface area (Å²) in [7, 11) is 0. The fourth-order valence-corrected chi connectivity index (χ4v) is 2.07. The fraction of sp³-hybridized carbons (Fsp3) is 0.312. The lowest BCUT2D eigenvalue weighted by atomic mass is 9.85.